The number of carbonyl (C=O) groups excluding carboxylic acids is 3. The molecular weight excluding hydrogens is 514 g/mol. The second kappa shape index (κ2) is 13.7. The first-order valence-corrected chi connectivity index (χ1v) is 13.1. The van der Waals surface area contributed by atoms with Crippen LogP contribution in [0.4, 0.5) is 0 Å². The number of nitrogens with one attached hydrogen (secondary N) is 2. The van der Waals surface area contributed by atoms with E-state index in [-0.39, 0.29) is 18.2 Å². The standard InChI is InChI=1S/C30H27N3O5S/c1-2-37-25-18-21(15-16-24(25)38-30(36)26-14-9-17-39-26)19-32-33-27(34)20-31-29(35)28(22-10-5-3-6-11-22)23-12-7-4-8-13-23/h3-19,28H,2,20H2,1H3,(H,31,35)(H,33,34)/b32-19+. The van der Waals surface area contributed by atoms with Gasteiger partial charge in [-0.15, -0.1) is 11.3 Å². The number of rotatable bonds is 11. The molecule has 0 bridgehead atoms. The maximum atomic E-state index is 13.0. The number of ether oxygens (including phenoxy) is 2. The molecule has 39 heavy (non-hydrogen) atoms. The molecule has 8 nitrogen and oxygen atoms in total. The van der Waals surface area contributed by atoms with Gasteiger partial charge in [0.05, 0.1) is 25.3 Å². The Kier molecular flexibility index (Phi) is 9.57. The van der Waals surface area contributed by atoms with E-state index in [0.29, 0.717) is 22.8 Å². The summed E-state index contributed by atoms with van der Waals surface area (Å²) < 4.78 is 11.1. The molecule has 4 aromatic rings. The van der Waals surface area contributed by atoms with Gasteiger partial charge in [-0.3, -0.25) is 9.59 Å². The van der Waals surface area contributed by atoms with Crippen molar-refractivity contribution in [3.63, 3.8) is 0 Å². The van der Waals surface area contributed by atoms with Gasteiger partial charge in [-0.05, 0) is 53.3 Å². The zero-order valence-corrected chi connectivity index (χ0v) is 22.0. The third-order valence-electron chi connectivity index (χ3n) is 5.55. The van der Waals surface area contributed by atoms with Gasteiger partial charge in [0.25, 0.3) is 5.91 Å². The molecule has 0 unspecified atom stereocenters. The lowest BCUT2D eigenvalue weighted by atomic mass is 9.90. The van der Waals surface area contributed by atoms with E-state index >= 15 is 0 Å². The van der Waals surface area contributed by atoms with Gasteiger partial charge in [-0.1, -0.05) is 66.7 Å². The minimum absolute atomic E-state index is 0.242. The van der Waals surface area contributed by atoms with Crippen molar-refractivity contribution >= 4 is 35.3 Å². The molecule has 0 saturated carbocycles. The Balaban J connectivity index is 1.35. The maximum absolute atomic E-state index is 13.0. The van der Waals surface area contributed by atoms with Crippen LogP contribution >= 0.6 is 11.3 Å². The number of hydrogen-bond acceptors (Lipinski definition) is 7. The zero-order valence-electron chi connectivity index (χ0n) is 21.2. The Bertz CT molecular complexity index is 1380. The Morgan fingerprint density at radius 1 is 0.897 bits per heavy atom. The normalized spacial score (nSPS) is 10.8. The molecule has 1 aromatic heterocycles. The van der Waals surface area contributed by atoms with Crippen LogP contribution in [0.5, 0.6) is 11.5 Å². The number of thiophene rings is 1. The summed E-state index contributed by atoms with van der Waals surface area (Å²) in [4.78, 5) is 38.2. The summed E-state index contributed by atoms with van der Waals surface area (Å²) in [7, 11) is 0. The molecule has 0 radical (unpaired) electrons. The molecule has 9 heteroatoms. The third-order valence-corrected chi connectivity index (χ3v) is 6.40. The largest absolute Gasteiger partial charge is 0.490 e. The third kappa shape index (κ3) is 7.62. The summed E-state index contributed by atoms with van der Waals surface area (Å²) in [6.07, 6.45) is 1.43. The summed E-state index contributed by atoms with van der Waals surface area (Å²) in [5, 5.41) is 8.47. The van der Waals surface area contributed by atoms with Crippen LogP contribution < -0.4 is 20.2 Å². The first-order chi connectivity index (χ1) is 19.0. The van der Waals surface area contributed by atoms with E-state index < -0.39 is 17.8 Å². The first kappa shape index (κ1) is 27.3. The quantitative estimate of drug-likeness (QED) is 0.123. The van der Waals surface area contributed by atoms with Crippen molar-refractivity contribution in [2.24, 2.45) is 5.10 Å². The second-order valence-corrected chi connectivity index (χ2v) is 9.22. The molecule has 0 aliphatic heterocycles. The lowest BCUT2D eigenvalue weighted by Crippen LogP contribution is -2.37. The minimum Gasteiger partial charge on any atom is -0.490 e. The van der Waals surface area contributed by atoms with E-state index in [1.807, 2.05) is 67.6 Å². The highest BCUT2D eigenvalue weighted by molar-refractivity contribution is 7.12. The van der Waals surface area contributed by atoms with Crippen LogP contribution in [0.3, 0.4) is 0 Å². The van der Waals surface area contributed by atoms with Crippen LogP contribution in [0.25, 0.3) is 0 Å². The van der Waals surface area contributed by atoms with Crippen molar-refractivity contribution in [1.29, 1.82) is 0 Å². The highest BCUT2D eigenvalue weighted by Gasteiger charge is 2.22. The molecule has 0 fully saturated rings. The zero-order chi connectivity index (χ0) is 27.5. The highest BCUT2D eigenvalue weighted by atomic mass is 32.1. The summed E-state index contributed by atoms with van der Waals surface area (Å²) in [6.45, 7) is 1.95. The van der Waals surface area contributed by atoms with Crippen molar-refractivity contribution < 1.29 is 23.9 Å². The predicted molar refractivity (Wildman–Crippen MR) is 150 cm³/mol. The van der Waals surface area contributed by atoms with Gasteiger partial charge in [0.2, 0.25) is 5.91 Å². The Hall–Kier alpha value is -4.76. The lowest BCUT2D eigenvalue weighted by Gasteiger charge is -2.17. The van der Waals surface area contributed by atoms with Gasteiger partial charge < -0.3 is 14.8 Å². The van der Waals surface area contributed by atoms with Gasteiger partial charge in [-0.2, -0.15) is 5.10 Å². The average Bonchev–Trinajstić information content (AvgIpc) is 3.50. The fourth-order valence-corrected chi connectivity index (χ4v) is 4.38. The molecule has 3 aromatic carbocycles. The highest BCUT2D eigenvalue weighted by Crippen LogP contribution is 2.29. The molecule has 0 atom stereocenters. The summed E-state index contributed by atoms with van der Waals surface area (Å²) in [6, 6.07) is 27.2. The molecule has 0 spiro atoms. The van der Waals surface area contributed by atoms with Crippen LogP contribution in [-0.4, -0.2) is 37.1 Å². The van der Waals surface area contributed by atoms with Gasteiger partial charge in [0, 0.05) is 0 Å². The molecule has 1 heterocycles. The average molecular weight is 542 g/mol. The number of amides is 2. The number of carbonyl (C=O) groups is 3. The summed E-state index contributed by atoms with van der Waals surface area (Å²) in [5.74, 6) is -1.13. The van der Waals surface area contributed by atoms with Crippen LogP contribution in [0.2, 0.25) is 0 Å². The van der Waals surface area contributed by atoms with E-state index in [2.05, 4.69) is 15.8 Å². The second-order valence-electron chi connectivity index (χ2n) is 8.27. The van der Waals surface area contributed by atoms with Crippen LogP contribution in [-0.2, 0) is 9.59 Å². The number of benzene rings is 3. The SMILES string of the molecule is CCOc1cc(/C=N/NC(=O)CNC(=O)C(c2ccccc2)c2ccccc2)ccc1OC(=O)c1cccs1. The van der Waals surface area contributed by atoms with Crippen LogP contribution in [0.1, 0.15) is 39.2 Å². The molecule has 198 valence electrons. The molecule has 0 aliphatic rings. The van der Waals surface area contributed by atoms with Gasteiger partial charge in [0.1, 0.15) is 4.88 Å². The predicted octanol–water partition coefficient (Wildman–Crippen LogP) is 4.76. The van der Waals surface area contributed by atoms with Crippen LogP contribution in [0, 0.1) is 0 Å². The van der Waals surface area contributed by atoms with Crippen molar-refractivity contribution in [2.45, 2.75) is 12.8 Å². The van der Waals surface area contributed by atoms with Crippen LogP contribution in [0.15, 0.2) is 101 Å². The Labute approximate surface area is 230 Å². The Morgan fingerprint density at radius 3 is 2.21 bits per heavy atom. The van der Waals surface area contributed by atoms with E-state index in [9.17, 15) is 14.4 Å². The topological polar surface area (TPSA) is 106 Å². The van der Waals surface area contributed by atoms with Crippen molar-refractivity contribution in [3.8, 4) is 11.5 Å². The molecule has 2 N–H and O–H groups in total. The molecule has 0 saturated heterocycles. The number of esters is 1. The maximum Gasteiger partial charge on any atom is 0.353 e. The molecule has 0 aliphatic carbocycles. The molecule has 4 rings (SSSR count). The lowest BCUT2D eigenvalue weighted by molar-refractivity contribution is -0.126. The van der Waals surface area contributed by atoms with E-state index in [4.69, 9.17) is 9.47 Å². The fourth-order valence-electron chi connectivity index (χ4n) is 3.78. The van der Waals surface area contributed by atoms with Gasteiger partial charge in [-0.25, -0.2) is 10.2 Å². The smallest absolute Gasteiger partial charge is 0.353 e. The minimum atomic E-state index is -0.548. The van der Waals surface area contributed by atoms with E-state index in [1.54, 1.807) is 35.7 Å². The summed E-state index contributed by atoms with van der Waals surface area (Å²) in [5.41, 5.74) is 4.69. The molecular formula is C30H27N3O5S. The summed E-state index contributed by atoms with van der Waals surface area (Å²) >= 11 is 1.29. The molecule has 2 amide bonds. The Morgan fingerprint density at radius 2 is 1.59 bits per heavy atom. The van der Waals surface area contributed by atoms with Crippen molar-refractivity contribution in [3.05, 3.63) is 118 Å². The number of nitrogens with zero attached hydrogens (tertiary/aromatic N) is 1. The van der Waals surface area contributed by atoms with Gasteiger partial charge in [0.15, 0.2) is 11.5 Å². The van der Waals surface area contributed by atoms with E-state index in [0.717, 1.165) is 11.1 Å². The van der Waals surface area contributed by atoms with E-state index in [1.165, 1.54) is 17.6 Å². The fraction of sp³-hybridized carbons (Fsp3) is 0.133. The number of hydrogen-bond donors (Lipinski definition) is 2. The van der Waals surface area contributed by atoms with Crippen molar-refractivity contribution in [2.75, 3.05) is 13.2 Å². The van der Waals surface area contributed by atoms with Crippen molar-refractivity contribution in [1.82, 2.24) is 10.7 Å². The first-order valence-electron chi connectivity index (χ1n) is 12.3. The number of hydrazone groups is 1. The monoisotopic (exact) mass is 541 g/mol. The van der Waals surface area contributed by atoms with Gasteiger partial charge >= 0.3 is 5.97 Å².